The fourth-order valence-electron chi connectivity index (χ4n) is 3.73. The van der Waals surface area contributed by atoms with Crippen molar-refractivity contribution in [2.24, 2.45) is 0 Å². The van der Waals surface area contributed by atoms with Crippen LogP contribution in [-0.2, 0) is 19.1 Å². The predicted octanol–water partition coefficient (Wildman–Crippen LogP) is 2.82. The first-order valence-corrected chi connectivity index (χ1v) is 11.2. The molecular formula is C22H26ClN3O4S. The van der Waals surface area contributed by atoms with Gasteiger partial charge in [-0.2, -0.15) is 0 Å². The number of benzene rings is 1. The standard InChI is InChI=1S/C22H26ClN3O4S/c23-17-9-5-4-6-15(17)10-11-19(27)25-22(31)26-13-12-24-21(29)18(26)14-20(28)30-16-7-2-1-3-8-16/h4-6,9-11,16,18H,1-3,7-8,12-14H2,(H,24,29)(H,25,27,31)/b11-10+. The highest BCUT2D eigenvalue weighted by Crippen LogP contribution is 2.21. The van der Waals surface area contributed by atoms with Crippen LogP contribution in [0.5, 0.6) is 0 Å². The molecule has 1 aliphatic heterocycles. The van der Waals surface area contributed by atoms with Gasteiger partial charge in [-0.25, -0.2) is 0 Å². The SMILES string of the molecule is O=C(/C=C/c1ccccc1Cl)NC(=S)N1CCNC(=O)C1CC(=O)OC1CCCCC1. The van der Waals surface area contributed by atoms with Gasteiger partial charge in [0.15, 0.2) is 5.11 Å². The van der Waals surface area contributed by atoms with Crippen LogP contribution in [0.4, 0.5) is 0 Å². The van der Waals surface area contributed by atoms with E-state index in [0.717, 1.165) is 32.1 Å². The monoisotopic (exact) mass is 463 g/mol. The summed E-state index contributed by atoms with van der Waals surface area (Å²) in [6.07, 6.45) is 7.68. The second-order valence-corrected chi connectivity index (χ2v) is 8.40. The van der Waals surface area contributed by atoms with E-state index < -0.39 is 17.9 Å². The van der Waals surface area contributed by atoms with Crippen LogP contribution in [0.3, 0.4) is 0 Å². The van der Waals surface area contributed by atoms with Gasteiger partial charge in [0.2, 0.25) is 11.8 Å². The first kappa shape index (κ1) is 23.2. The van der Waals surface area contributed by atoms with Crippen LogP contribution in [0.1, 0.15) is 44.1 Å². The molecule has 1 aromatic carbocycles. The van der Waals surface area contributed by atoms with Gasteiger partial charge in [-0.1, -0.05) is 36.2 Å². The molecule has 1 aromatic rings. The Hall–Kier alpha value is -2.45. The van der Waals surface area contributed by atoms with Crippen molar-refractivity contribution in [2.45, 2.75) is 50.7 Å². The summed E-state index contributed by atoms with van der Waals surface area (Å²) >= 11 is 11.4. The van der Waals surface area contributed by atoms with Gasteiger partial charge in [0.05, 0.1) is 6.42 Å². The molecule has 2 aliphatic rings. The van der Waals surface area contributed by atoms with Crippen LogP contribution in [0.15, 0.2) is 30.3 Å². The minimum absolute atomic E-state index is 0.0806. The summed E-state index contributed by atoms with van der Waals surface area (Å²) < 4.78 is 5.55. The molecule has 0 radical (unpaired) electrons. The van der Waals surface area contributed by atoms with Crippen molar-refractivity contribution in [3.8, 4) is 0 Å². The molecule has 1 atom stereocenters. The van der Waals surface area contributed by atoms with Gasteiger partial charge in [-0.3, -0.25) is 19.7 Å². The molecule has 1 unspecified atom stereocenters. The fourth-order valence-corrected chi connectivity index (χ4v) is 4.25. The van der Waals surface area contributed by atoms with Gasteiger partial charge in [0.25, 0.3) is 0 Å². The number of thiocarbonyl (C=S) groups is 1. The van der Waals surface area contributed by atoms with Gasteiger partial charge in [0, 0.05) is 24.2 Å². The van der Waals surface area contributed by atoms with E-state index in [1.807, 2.05) is 6.07 Å². The first-order valence-electron chi connectivity index (χ1n) is 10.5. The lowest BCUT2D eigenvalue weighted by molar-refractivity contribution is -0.153. The minimum Gasteiger partial charge on any atom is -0.462 e. The molecule has 166 valence electrons. The molecule has 2 N–H and O–H groups in total. The third kappa shape index (κ3) is 6.77. The van der Waals surface area contributed by atoms with Crippen LogP contribution in [0.2, 0.25) is 5.02 Å². The zero-order valence-corrected chi connectivity index (χ0v) is 18.7. The zero-order valence-electron chi connectivity index (χ0n) is 17.1. The van der Waals surface area contributed by atoms with Crippen LogP contribution >= 0.6 is 23.8 Å². The Kier molecular flexibility index (Phi) is 8.43. The molecule has 3 rings (SSSR count). The maximum absolute atomic E-state index is 12.4. The van der Waals surface area contributed by atoms with Crippen molar-refractivity contribution in [2.75, 3.05) is 13.1 Å². The van der Waals surface area contributed by atoms with Crippen molar-refractivity contribution in [1.82, 2.24) is 15.5 Å². The molecule has 2 amide bonds. The number of nitrogens with zero attached hydrogens (tertiary/aromatic N) is 1. The molecule has 1 aliphatic carbocycles. The Labute approximate surface area is 192 Å². The zero-order chi connectivity index (χ0) is 22.2. The number of nitrogens with one attached hydrogen (secondary N) is 2. The molecule has 9 heteroatoms. The number of piperazine rings is 1. The maximum atomic E-state index is 12.4. The molecular weight excluding hydrogens is 438 g/mol. The summed E-state index contributed by atoms with van der Waals surface area (Å²) in [5.41, 5.74) is 0.700. The number of carbonyl (C=O) groups is 3. The quantitative estimate of drug-likeness (QED) is 0.396. The Morgan fingerprint density at radius 2 is 2.00 bits per heavy atom. The Morgan fingerprint density at radius 3 is 2.74 bits per heavy atom. The molecule has 1 saturated carbocycles. The van der Waals surface area contributed by atoms with Crippen molar-refractivity contribution in [3.63, 3.8) is 0 Å². The second-order valence-electron chi connectivity index (χ2n) is 7.60. The number of carbonyl (C=O) groups excluding carboxylic acids is 3. The summed E-state index contributed by atoms with van der Waals surface area (Å²) in [5.74, 6) is -1.18. The molecule has 31 heavy (non-hydrogen) atoms. The van der Waals surface area contributed by atoms with E-state index in [4.69, 9.17) is 28.6 Å². The second kappa shape index (κ2) is 11.2. The minimum atomic E-state index is -0.815. The van der Waals surface area contributed by atoms with Crippen LogP contribution < -0.4 is 10.6 Å². The average Bonchev–Trinajstić information content (AvgIpc) is 2.75. The van der Waals surface area contributed by atoms with Crippen molar-refractivity contribution in [1.29, 1.82) is 0 Å². The molecule has 7 nitrogen and oxygen atoms in total. The van der Waals surface area contributed by atoms with Gasteiger partial charge >= 0.3 is 5.97 Å². The Bertz CT molecular complexity index is 870. The smallest absolute Gasteiger partial charge is 0.308 e. The summed E-state index contributed by atoms with van der Waals surface area (Å²) in [6, 6.07) is 6.32. The summed E-state index contributed by atoms with van der Waals surface area (Å²) in [7, 11) is 0. The predicted molar refractivity (Wildman–Crippen MR) is 122 cm³/mol. The van der Waals surface area contributed by atoms with Gasteiger partial charge < -0.3 is 15.0 Å². The third-order valence-electron chi connectivity index (χ3n) is 5.35. The van der Waals surface area contributed by atoms with Gasteiger partial charge in [-0.05, 0) is 55.6 Å². The molecule has 1 saturated heterocycles. The molecule has 0 aromatic heterocycles. The lowest BCUT2D eigenvalue weighted by atomic mass is 9.98. The van der Waals surface area contributed by atoms with Crippen molar-refractivity contribution in [3.05, 3.63) is 40.9 Å². The summed E-state index contributed by atoms with van der Waals surface area (Å²) in [5, 5.41) is 5.97. The van der Waals surface area contributed by atoms with E-state index in [-0.39, 0.29) is 23.5 Å². The number of amides is 2. The van der Waals surface area contributed by atoms with E-state index in [0.29, 0.717) is 23.7 Å². The number of rotatable bonds is 5. The Balaban J connectivity index is 1.58. The third-order valence-corrected chi connectivity index (χ3v) is 6.03. The number of esters is 1. The lowest BCUT2D eigenvalue weighted by Crippen LogP contribution is -2.60. The van der Waals surface area contributed by atoms with Gasteiger partial charge in [-0.15, -0.1) is 0 Å². The normalized spacial score (nSPS) is 19.7. The number of hydrogen-bond donors (Lipinski definition) is 2. The largest absolute Gasteiger partial charge is 0.462 e. The average molecular weight is 464 g/mol. The number of hydrogen-bond acceptors (Lipinski definition) is 5. The van der Waals surface area contributed by atoms with E-state index >= 15 is 0 Å². The van der Waals surface area contributed by atoms with Crippen molar-refractivity contribution < 1.29 is 19.1 Å². The molecule has 0 bridgehead atoms. The van der Waals surface area contributed by atoms with Crippen LogP contribution in [0, 0.1) is 0 Å². The maximum Gasteiger partial charge on any atom is 0.308 e. The number of ether oxygens (including phenoxy) is 1. The highest BCUT2D eigenvalue weighted by molar-refractivity contribution is 7.80. The summed E-state index contributed by atoms with van der Waals surface area (Å²) in [6.45, 7) is 0.763. The fraction of sp³-hybridized carbons (Fsp3) is 0.455. The van der Waals surface area contributed by atoms with E-state index in [1.54, 1.807) is 29.2 Å². The molecule has 1 heterocycles. The molecule has 0 spiro atoms. The lowest BCUT2D eigenvalue weighted by Gasteiger charge is -2.36. The van der Waals surface area contributed by atoms with E-state index in [2.05, 4.69) is 10.6 Å². The first-order chi connectivity index (χ1) is 14.9. The van der Waals surface area contributed by atoms with Crippen LogP contribution in [-0.4, -0.2) is 53.0 Å². The highest BCUT2D eigenvalue weighted by atomic mass is 35.5. The van der Waals surface area contributed by atoms with Gasteiger partial charge in [0.1, 0.15) is 12.1 Å². The number of halogens is 1. The van der Waals surface area contributed by atoms with Crippen LogP contribution in [0.25, 0.3) is 6.08 Å². The topological polar surface area (TPSA) is 87.7 Å². The van der Waals surface area contributed by atoms with E-state index in [9.17, 15) is 14.4 Å². The summed E-state index contributed by atoms with van der Waals surface area (Å²) in [4.78, 5) is 38.7. The Morgan fingerprint density at radius 1 is 1.26 bits per heavy atom. The van der Waals surface area contributed by atoms with Crippen molar-refractivity contribution >= 4 is 52.8 Å². The van der Waals surface area contributed by atoms with E-state index in [1.165, 1.54) is 6.08 Å². The highest BCUT2D eigenvalue weighted by Gasteiger charge is 2.34. The molecule has 2 fully saturated rings.